The molecule has 7 heteroatoms. The number of aliphatic hydroxyl groups is 1. The maximum atomic E-state index is 10.9. The number of hydrogen-bond acceptors (Lipinski definition) is 6. The summed E-state index contributed by atoms with van der Waals surface area (Å²) in [6.45, 7) is 1.20. The van der Waals surface area contributed by atoms with Crippen LogP contribution in [0.1, 0.15) is 31.2 Å². The molecular formula is C24H28N4O3. The summed E-state index contributed by atoms with van der Waals surface area (Å²) in [5.74, 6) is 1.62. The van der Waals surface area contributed by atoms with Crippen LogP contribution in [0.25, 0.3) is 0 Å². The molecule has 2 heterocycles. The Labute approximate surface area is 182 Å². The lowest BCUT2D eigenvalue weighted by Gasteiger charge is -2.23. The topological polar surface area (TPSA) is 102 Å². The number of nitrogens with two attached hydrogens (primary N) is 1. The van der Waals surface area contributed by atoms with Gasteiger partial charge in [-0.15, -0.1) is 0 Å². The van der Waals surface area contributed by atoms with Crippen LogP contribution in [-0.2, 0) is 11.4 Å². The monoisotopic (exact) mass is 420 g/mol. The van der Waals surface area contributed by atoms with Crippen molar-refractivity contribution in [1.29, 1.82) is 0 Å². The average molecular weight is 421 g/mol. The third-order valence-electron chi connectivity index (χ3n) is 4.86. The van der Waals surface area contributed by atoms with E-state index in [1.165, 1.54) is 0 Å². The van der Waals surface area contributed by atoms with E-state index in [1.807, 2.05) is 65.6 Å². The van der Waals surface area contributed by atoms with Gasteiger partial charge in [-0.2, -0.15) is 0 Å². The average Bonchev–Trinajstić information content (AvgIpc) is 2.81. The van der Waals surface area contributed by atoms with E-state index >= 15 is 0 Å². The molecule has 0 aliphatic carbocycles. The van der Waals surface area contributed by atoms with E-state index in [9.17, 15) is 9.90 Å². The van der Waals surface area contributed by atoms with E-state index in [2.05, 4.69) is 9.97 Å². The van der Waals surface area contributed by atoms with Gasteiger partial charge < -0.3 is 20.5 Å². The molecule has 31 heavy (non-hydrogen) atoms. The van der Waals surface area contributed by atoms with E-state index in [0.717, 1.165) is 36.5 Å². The molecular weight excluding hydrogens is 392 g/mol. The number of carbonyl (C=O) groups is 1. The number of unbranched alkanes of at least 4 members (excludes halogenated alkanes) is 2. The first kappa shape index (κ1) is 22.2. The highest BCUT2D eigenvalue weighted by molar-refractivity contribution is 5.78. The Balaban J connectivity index is 1.59. The normalized spacial score (nSPS) is 11.6. The first-order chi connectivity index (χ1) is 15.1. The number of aromatic nitrogens is 2. The highest BCUT2D eigenvalue weighted by atomic mass is 16.5. The van der Waals surface area contributed by atoms with Gasteiger partial charge in [0.1, 0.15) is 30.1 Å². The van der Waals surface area contributed by atoms with Gasteiger partial charge in [-0.05, 0) is 42.7 Å². The summed E-state index contributed by atoms with van der Waals surface area (Å²) in [5.41, 5.74) is 6.19. The van der Waals surface area contributed by atoms with Crippen molar-refractivity contribution in [3.05, 3.63) is 78.6 Å². The lowest BCUT2D eigenvalue weighted by molar-refractivity contribution is -0.126. The smallest absolute Gasteiger partial charge is 0.246 e. The SMILES string of the molecule is NC(=O)C(O)CCCCCN(c1ccccn1)c1ccc(OCc2ccccc2)cn1. The van der Waals surface area contributed by atoms with Crippen molar-refractivity contribution in [1.82, 2.24) is 9.97 Å². The number of nitrogens with zero attached hydrogens (tertiary/aromatic N) is 3. The van der Waals surface area contributed by atoms with Crippen LogP contribution in [0.4, 0.5) is 11.6 Å². The fraction of sp³-hybridized carbons (Fsp3) is 0.292. The Bertz CT molecular complexity index is 921. The van der Waals surface area contributed by atoms with Gasteiger partial charge in [-0.1, -0.05) is 49.2 Å². The van der Waals surface area contributed by atoms with Gasteiger partial charge in [0.05, 0.1) is 6.20 Å². The second kappa shape index (κ2) is 11.7. The number of hydrogen-bond donors (Lipinski definition) is 2. The van der Waals surface area contributed by atoms with Crippen LogP contribution in [-0.4, -0.2) is 33.6 Å². The minimum Gasteiger partial charge on any atom is -0.487 e. The number of pyridine rings is 2. The third kappa shape index (κ3) is 7.08. The largest absolute Gasteiger partial charge is 0.487 e. The van der Waals surface area contributed by atoms with Gasteiger partial charge in [0.25, 0.3) is 0 Å². The molecule has 0 radical (unpaired) electrons. The summed E-state index contributed by atoms with van der Waals surface area (Å²) in [6.07, 6.45) is 5.21. The fourth-order valence-corrected chi connectivity index (χ4v) is 3.14. The number of anilines is 2. The van der Waals surface area contributed by atoms with E-state index in [1.54, 1.807) is 12.4 Å². The molecule has 0 saturated carbocycles. The minimum absolute atomic E-state index is 0.380. The number of carbonyl (C=O) groups excluding carboxylic acids is 1. The molecule has 1 atom stereocenters. The molecule has 1 amide bonds. The predicted octanol–water partition coefficient (Wildman–Crippen LogP) is 3.60. The first-order valence-electron chi connectivity index (χ1n) is 10.4. The molecule has 7 nitrogen and oxygen atoms in total. The number of ether oxygens (including phenoxy) is 1. The first-order valence-corrected chi connectivity index (χ1v) is 10.4. The number of aliphatic hydroxyl groups excluding tert-OH is 1. The van der Waals surface area contributed by atoms with Crippen molar-refractivity contribution in [3.8, 4) is 5.75 Å². The minimum atomic E-state index is -1.07. The van der Waals surface area contributed by atoms with Crippen LogP contribution in [0.2, 0.25) is 0 Å². The molecule has 0 fully saturated rings. The summed E-state index contributed by atoms with van der Waals surface area (Å²) in [7, 11) is 0. The third-order valence-corrected chi connectivity index (χ3v) is 4.86. The standard InChI is InChI=1S/C24H28N4O3/c25-24(30)21(29)11-5-2-8-16-28(22-12-6-7-15-26-22)23-14-13-20(17-27-23)31-18-19-9-3-1-4-10-19/h1,3-4,6-7,9-10,12-15,17,21,29H,2,5,8,11,16,18H2,(H2,25,30). The maximum Gasteiger partial charge on any atom is 0.246 e. The molecule has 0 saturated heterocycles. The number of primary amides is 1. The van der Waals surface area contributed by atoms with Crippen LogP contribution in [0.15, 0.2) is 73.1 Å². The summed E-state index contributed by atoms with van der Waals surface area (Å²) in [5, 5.41) is 9.52. The molecule has 3 rings (SSSR count). The van der Waals surface area contributed by atoms with Crippen LogP contribution >= 0.6 is 0 Å². The Kier molecular flexibility index (Phi) is 8.37. The van der Waals surface area contributed by atoms with Crippen molar-refractivity contribution in [2.45, 2.75) is 38.4 Å². The zero-order valence-corrected chi connectivity index (χ0v) is 17.4. The van der Waals surface area contributed by atoms with Crippen molar-refractivity contribution in [3.63, 3.8) is 0 Å². The highest BCUT2D eigenvalue weighted by Gasteiger charge is 2.13. The number of benzene rings is 1. The van der Waals surface area contributed by atoms with E-state index in [0.29, 0.717) is 25.3 Å². The second-order valence-corrected chi connectivity index (χ2v) is 7.23. The second-order valence-electron chi connectivity index (χ2n) is 7.23. The highest BCUT2D eigenvalue weighted by Crippen LogP contribution is 2.24. The van der Waals surface area contributed by atoms with Gasteiger partial charge in [0.15, 0.2) is 0 Å². The Morgan fingerprint density at radius 1 is 0.968 bits per heavy atom. The fourth-order valence-electron chi connectivity index (χ4n) is 3.14. The molecule has 3 N–H and O–H groups in total. The van der Waals surface area contributed by atoms with Crippen LogP contribution < -0.4 is 15.4 Å². The zero-order chi connectivity index (χ0) is 21.9. The van der Waals surface area contributed by atoms with E-state index in [4.69, 9.17) is 10.5 Å². The summed E-state index contributed by atoms with van der Waals surface area (Å²) < 4.78 is 5.83. The molecule has 2 aromatic heterocycles. The van der Waals surface area contributed by atoms with E-state index < -0.39 is 12.0 Å². The lowest BCUT2D eigenvalue weighted by Crippen LogP contribution is -2.28. The summed E-state index contributed by atoms with van der Waals surface area (Å²) in [4.78, 5) is 22.0. The predicted molar refractivity (Wildman–Crippen MR) is 120 cm³/mol. The quantitative estimate of drug-likeness (QED) is 0.434. The van der Waals surface area contributed by atoms with Crippen molar-refractivity contribution in [2.24, 2.45) is 5.73 Å². The Morgan fingerprint density at radius 3 is 2.42 bits per heavy atom. The van der Waals surface area contributed by atoms with Gasteiger partial charge >= 0.3 is 0 Å². The summed E-state index contributed by atoms with van der Waals surface area (Å²) in [6, 6.07) is 19.6. The van der Waals surface area contributed by atoms with Crippen LogP contribution in [0.5, 0.6) is 5.75 Å². The van der Waals surface area contributed by atoms with Gasteiger partial charge in [-0.25, -0.2) is 9.97 Å². The maximum absolute atomic E-state index is 10.9. The lowest BCUT2D eigenvalue weighted by atomic mass is 10.1. The molecule has 3 aromatic rings. The van der Waals surface area contributed by atoms with Gasteiger partial charge in [0.2, 0.25) is 5.91 Å². The molecule has 0 aliphatic rings. The van der Waals surface area contributed by atoms with E-state index in [-0.39, 0.29) is 0 Å². The van der Waals surface area contributed by atoms with Crippen molar-refractivity contribution in [2.75, 3.05) is 11.4 Å². The van der Waals surface area contributed by atoms with Crippen molar-refractivity contribution >= 4 is 17.5 Å². The molecule has 0 bridgehead atoms. The van der Waals surface area contributed by atoms with Crippen LogP contribution in [0, 0.1) is 0 Å². The van der Waals surface area contributed by atoms with Crippen molar-refractivity contribution < 1.29 is 14.6 Å². The molecule has 162 valence electrons. The van der Waals surface area contributed by atoms with Crippen LogP contribution in [0.3, 0.4) is 0 Å². The van der Waals surface area contributed by atoms with Gasteiger partial charge in [-0.3, -0.25) is 4.79 Å². The Hall–Kier alpha value is -3.45. The number of amides is 1. The molecule has 1 aromatic carbocycles. The summed E-state index contributed by atoms with van der Waals surface area (Å²) >= 11 is 0. The molecule has 0 aliphatic heterocycles. The molecule has 1 unspecified atom stereocenters. The number of rotatable bonds is 12. The Morgan fingerprint density at radius 2 is 1.74 bits per heavy atom. The molecule has 0 spiro atoms. The van der Waals surface area contributed by atoms with Gasteiger partial charge in [0, 0.05) is 12.7 Å². The zero-order valence-electron chi connectivity index (χ0n) is 17.4.